The van der Waals surface area contributed by atoms with E-state index in [4.69, 9.17) is 11.6 Å². The van der Waals surface area contributed by atoms with Crippen molar-refractivity contribution in [2.75, 3.05) is 0 Å². The first-order valence-electron chi connectivity index (χ1n) is 6.00. The maximum atomic E-state index is 11.9. The molecule has 21 heavy (non-hydrogen) atoms. The smallest absolute Gasteiger partial charge is 0.266 e. The molecular weight excluding hydrogens is 294 g/mol. The number of rotatable bonds is 2. The van der Waals surface area contributed by atoms with Crippen molar-refractivity contribution in [3.63, 3.8) is 0 Å². The molecule has 2 rings (SSSR count). The molecule has 2 aromatic heterocycles. The zero-order chi connectivity index (χ0) is 15.4. The number of amides is 2. The highest BCUT2D eigenvalue weighted by atomic mass is 35.5. The van der Waals surface area contributed by atoms with Gasteiger partial charge in [-0.1, -0.05) is 17.7 Å². The lowest BCUT2D eigenvalue weighted by molar-refractivity contribution is 0.0840. The molecule has 0 unspecified atom stereocenters. The maximum Gasteiger partial charge on any atom is 0.289 e. The summed E-state index contributed by atoms with van der Waals surface area (Å²) in [4.78, 5) is 35.5. The third kappa shape index (κ3) is 3.51. The van der Waals surface area contributed by atoms with Crippen LogP contribution in [0, 0.1) is 13.8 Å². The highest BCUT2D eigenvalue weighted by molar-refractivity contribution is 6.33. The van der Waals surface area contributed by atoms with Crippen molar-refractivity contribution in [3.8, 4) is 0 Å². The summed E-state index contributed by atoms with van der Waals surface area (Å²) in [6.45, 7) is 3.37. The Kier molecular flexibility index (Phi) is 4.44. The van der Waals surface area contributed by atoms with Crippen LogP contribution in [0.15, 0.2) is 24.5 Å². The molecule has 2 N–H and O–H groups in total. The molecule has 0 fully saturated rings. The van der Waals surface area contributed by atoms with E-state index in [0.29, 0.717) is 11.4 Å². The van der Waals surface area contributed by atoms with Crippen LogP contribution in [0.2, 0.25) is 5.02 Å². The fraction of sp³-hybridized carbons (Fsp3) is 0.154. The molecule has 0 saturated heterocycles. The third-order valence-corrected chi connectivity index (χ3v) is 2.87. The molecule has 0 atom stereocenters. The summed E-state index contributed by atoms with van der Waals surface area (Å²) in [6.07, 6.45) is 2.82. The number of aromatic nitrogens is 3. The van der Waals surface area contributed by atoms with Crippen LogP contribution in [0.3, 0.4) is 0 Å². The molecule has 0 spiro atoms. The molecule has 2 amide bonds. The van der Waals surface area contributed by atoms with Crippen molar-refractivity contribution < 1.29 is 9.59 Å². The van der Waals surface area contributed by atoms with Gasteiger partial charge in [-0.15, -0.1) is 0 Å². The summed E-state index contributed by atoms with van der Waals surface area (Å²) in [7, 11) is 0. The van der Waals surface area contributed by atoms with E-state index in [9.17, 15) is 9.59 Å². The predicted octanol–water partition coefficient (Wildman–Crippen LogP) is 1.22. The van der Waals surface area contributed by atoms with E-state index in [1.807, 2.05) is 0 Å². The Hall–Kier alpha value is -2.54. The molecule has 108 valence electrons. The normalized spacial score (nSPS) is 10.0. The highest BCUT2D eigenvalue weighted by Gasteiger charge is 2.15. The van der Waals surface area contributed by atoms with Gasteiger partial charge in [0, 0.05) is 6.20 Å². The summed E-state index contributed by atoms with van der Waals surface area (Å²) in [5.41, 5.74) is 5.41. The van der Waals surface area contributed by atoms with Gasteiger partial charge in [0.15, 0.2) is 5.69 Å². The average Bonchev–Trinajstić information content (AvgIpc) is 2.47. The van der Waals surface area contributed by atoms with E-state index >= 15 is 0 Å². The number of nitrogens with one attached hydrogen (secondary N) is 2. The second-order valence-corrected chi connectivity index (χ2v) is 4.60. The van der Waals surface area contributed by atoms with Crippen molar-refractivity contribution in [2.45, 2.75) is 13.8 Å². The quantitative estimate of drug-likeness (QED) is 0.813. The number of carbonyl (C=O) groups is 2. The standard InChI is InChI=1S/C13H12ClN5O2/c1-7-4-3-5-15-10(7)12(20)18-19-13(21)11-9(14)6-16-8(2)17-11/h3-6H,1-2H3,(H,18,20)(H,19,21). The molecule has 0 saturated carbocycles. The zero-order valence-electron chi connectivity index (χ0n) is 11.3. The Morgan fingerprint density at radius 2 is 1.76 bits per heavy atom. The lowest BCUT2D eigenvalue weighted by Gasteiger charge is -2.08. The molecule has 8 heteroatoms. The fourth-order valence-corrected chi connectivity index (χ4v) is 1.75. The van der Waals surface area contributed by atoms with Crippen LogP contribution in [-0.2, 0) is 0 Å². The van der Waals surface area contributed by atoms with Crippen molar-refractivity contribution in [1.82, 2.24) is 25.8 Å². The molecule has 7 nitrogen and oxygen atoms in total. The summed E-state index contributed by atoms with van der Waals surface area (Å²) in [6, 6.07) is 3.46. The van der Waals surface area contributed by atoms with Gasteiger partial charge in [0.05, 0.1) is 11.2 Å². The summed E-state index contributed by atoms with van der Waals surface area (Å²) < 4.78 is 0. The van der Waals surface area contributed by atoms with Gasteiger partial charge in [0.1, 0.15) is 11.5 Å². The van der Waals surface area contributed by atoms with Gasteiger partial charge >= 0.3 is 0 Å². The first-order chi connectivity index (χ1) is 9.99. The van der Waals surface area contributed by atoms with Crippen LogP contribution < -0.4 is 10.9 Å². The Morgan fingerprint density at radius 1 is 1.10 bits per heavy atom. The molecule has 0 bridgehead atoms. The molecule has 2 heterocycles. The van der Waals surface area contributed by atoms with E-state index in [1.54, 1.807) is 26.0 Å². The number of hydrogen-bond acceptors (Lipinski definition) is 5. The minimum atomic E-state index is -0.632. The number of carbonyl (C=O) groups excluding carboxylic acids is 2. The number of halogens is 1. The van der Waals surface area contributed by atoms with Gasteiger partial charge < -0.3 is 0 Å². The Bertz CT molecular complexity index is 705. The fourth-order valence-electron chi connectivity index (χ4n) is 1.57. The first-order valence-corrected chi connectivity index (χ1v) is 6.38. The summed E-state index contributed by atoms with van der Waals surface area (Å²) in [5.74, 6) is -0.757. The molecule has 2 aromatic rings. The van der Waals surface area contributed by atoms with Crippen molar-refractivity contribution in [3.05, 3.63) is 52.3 Å². The minimum Gasteiger partial charge on any atom is -0.266 e. The Balaban J connectivity index is 2.06. The summed E-state index contributed by atoms with van der Waals surface area (Å²) >= 11 is 5.84. The number of aryl methyl sites for hydroxylation is 2. The molecule has 0 aromatic carbocycles. The van der Waals surface area contributed by atoms with E-state index in [-0.39, 0.29) is 16.4 Å². The van der Waals surface area contributed by atoms with Gasteiger partial charge in [-0.25, -0.2) is 9.97 Å². The molecule has 0 aliphatic heterocycles. The van der Waals surface area contributed by atoms with Crippen LogP contribution in [0.5, 0.6) is 0 Å². The second-order valence-electron chi connectivity index (χ2n) is 4.19. The van der Waals surface area contributed by atoms with Crippen LogP contribution in [0.1, 0.15) is 32.4 Å². The monoisotopic (exact) mass is 305 g/mol. The minimum absolute atomic E-state index is 0.0118. The van der Waals surface area contributed by atoms with Crippen LogP contribution >= 0.6 is 11.6 Å². The molecule has 0 radical (unpaired) electrons. The van der Waals surface area contributed by atoms with Gasteiger partial charge in [-0.3, -0.25) is 25.4 Å². The van der Waals surface area contributed by atoms with Crippen molar-refractivity contribution in [2.24, 2.45) is 0 Å². The van der Waals surface area contributed by atoms with Crippen LogP contribution in [0.4, 0.5) is 0 Å². The second kappa shape index (κ2) is 6.27. The molecule has 0 aliphatic carbocycles. The number of hydrogen-bond donors (Lipinski definition) is 2. The SMILES string of the molecule is Cc1ncc(Cl)c(C(=O)NNC(=O)c2ncccc2C)n1. The maximum absolute atomic E-state index is 11.9. The third-order valence-electron chi connectivity index (χ3n) is 2.59. The Labute approximate surface area is 125 Å². The molecule has 0 aliphatic rings. The molecular formula is C13H12ClN5O2. The van der Waals surface area contributed by atoms with Gasteiger partial charge in [0.2, 0.25) is 0 Å². The number of pyridine rings is 1. The van der Waals surface area contributed by atoms with Crippen LogP contribution in [-0.4, -0.2) is 26.8 Å². The van der Waals surface area contributed by atoms with E-state index in [0.717, 1.165) is 0 Å². The zero-order valence-corrected chi connectivity index (χ0v) is 12.1. The lowest BCUT2D eigenvalue weighted by atomic mass is 10.2. The highest BCUT2D eigenvalue weighted by Crippen LogP contribution is 2.11. The van der Waals surface area contributed by atoms with E-state index in [1.165, 1.54) is 12.4 Å². The largest absolute Gasteiger partial charge is 0.289 e. The van der Waals surface area contributed by atoms with E-state index < -0.39 is 11.8 Å². The number of nitrogens with zero attached hydrogens (tertiary/aromatic N) is 3. The van der Waals surface area contributed by atoms with Crippen molar-refractivity contribution >= 4 is 23.4 Å². The van der Waals surface area contributed by atoms with Gasteiger partial charge in [-0.2, -0.15) is 0 Å². The van der Waals surface area contributed by atoms with E-state index in [2.05, 4.69) is 25.8 Å². The lowest BCUT2D eigenvalue weighted by Crippen LogP contribution is -2.42. The Morgan fingerprint density at radius 3 is 2.43 bits per heavy atom. The van der Waals surface area contributed by atoms with Gasteiger partial charge in [0.25, 0.3) is 11.8 Å². The van der Waals surface area contributed by atoms with Crippen molar-refractivity contribution in [1.29, 1.82) is 0 Å². The number of hydrazine groups is 1. The summed E-state index contributed by atoms with van der Waals surface area (Å²) in [5, 5.41) is 0.0985. The predicted molar refractivity (Wildman–Crippen MR) is 75.7 cm³/mol. The first kappa shape index (κ1) is 14.9. The van der Waals surface area contributed by atoms with Gasteiger partial charge in [-0.05, 0) is 25.5 Å². The topological polar surface area (TPSA) is 96.9 Å². The average molecular weight is 306 g/mol. The van der Waals surface area contributed by atoms with Crippen LogP contribution in [0.25, 0.3) is 0 Å².